The van der Waals surface area contributed by atoms with E-state index >= 15 is 0 Å². The molecule has 180 valence electrons. The Morgan fingerprint density at radius 1 is 1.03 bits per heavy atom. The molecule has 0 saturated carbocycles. The summed E-state index contributed by atoms with van der Waals surface area (Å²) in [5.41, 5.74) is 1.59. The fourth-order valence-electron chi connectivity index (χ4n) is 4.35. The van der Waals surface area contributed by atoms with Crippen LogP contribution in [-0.4, -0.2) is 98.5 Å². The smallest absolute Gasteiger partial charge is 0.255 e. The third-order valence-electron chi connectivity index (χ3n) is 6.16. The van der Waals surface area contributed by atoms with Crippen LogP contribution in [0.2, 0.25) is 0 Å². The van der Waals surface area contributed by atoms with Crippen LogP contribution in [0.5, 0.6) is 0 Å². The number of amides is 3. The Kier molecular flexibility index (Phi) is 8.74. The Bertz CT molecular complexity index is 861. The molecule has 1 aromatic rings. The highest BCUT2D eigenvalue weighted by atomic mass is 32.2. The van der Waals surface area contributed by atoms with Crippen molar-refractivity contribution in [3.63, 3.8) is 0 Å². The van der Waals surface area contributed by atoms with E-state index in [4.69, 9.17) is 9.47 Å². The second kappa shape index (κ2) is 11.9. The van der Waals surface area contributed by atoms with Crippen molar-refractivity contribution in [2.45, 2.75) is 30.3 Å². The lowest BCUT2D eigenvalue weighted by Crippen LogP contribution is -2.52. The lowest BCUT2D eigenvalue weighted by Gasteiger charge is -2.29. The second-order valence-electron chi connectivity index (χ2n) is 8.35. The Morgan fingerprint density at radius 3 is 2.61 bits per heavy atom. The molecule has 3 aliphatic heterocycles. The van der Waals surface area contributed by atoms with E-state index in [0.717, 1.165) is 55.5 Å². The van der Waals surface area contributed by atoms with E-state index in [1.807, 2.05) is 18.2 Å². The van der Waals surface area contributed by atoms with E-state index in [1.54, 1.807) is 16.7 Å². The molecule has 3 amide bonds. The number of hydrogen-bond acceptors (Lipinski definition) is 8. The van der Waals surface area contributed by atoms with Crippen molar-refractivity contribution in [2.75, 3.05) is 64.9 Å². The fraction of sp³-hybridized carbons (Fsp3) is 0.609. The predicted molar refractivity (Wildman–Crippen MR) is 124 cm³/mol. The zero-order valence-corrected chi connectivity index (χ0v) is 19.7. The minimum Gasteiger partial charge on any atom is -0.378 e. The van der Waals surface area contributed by atoms with Gasteiger partial charge in [0.25, 0.3) is 5.91 Å². The van der Waals surface area contributed by atoms with Gasteiger partial charge in [0.2, 0.25) is 11.8 Å². The molecule has 0 aliphatic carbocycles. The zero-order chi connectivity index (χ0) is 23.0. The first-order chi connectivity index (χ1) is 16.1. The first-order valence-corrected chi connectivity index (χ1v) is 12.6. The summed E-state index contributed by atoms with van der Waals surface area (Å²) in [6.45, 7) is 8.10. The van der Waals surface area contributed by atoms with Crippen LogP contribution >= 0.6 is 11.8 Å². The Balaban J connectivity index is 1.16. The van der Waals surface area contributed by atoms with Gasteiger partial charge >= 0.3 is 0 Å². The van der Waals surface area contributed by atoms with Gasteiger partial charge in [-0.05, 0) is 24.1 Å². The molecule has 33 heavy (non-hydrogen) atoms. The minimum absolute atomic E-state index is 0.142. The van der Waals surface area contributed by atoms with Crippen molar-refractivity contribution in [3.8, 4) is 0 Å². The van der Waals surface area contributed by atoms with Crippen LogP contribution in [0.15, 0.2) is 23.1 Å². The monoisotopic (exact) mass is 476 g/mol. The first kappa shape index (κ1) is 24.2. The number of benzene rings is 1. The maximum Gasteiger partial charge on any atom is 0.255 e. The Hall–Kier alpha value is -1.98. The van der Waals surface area contributed by atoms with E-state index in [2.05, 4.69) is 15.5 Å². The summed E-state index contributed by atoms with van der Waals surface area (Å²) < 4.78 is 11.4. The normalized spacial score (nSPS) is 21.4. The van der Waals surface area contributed by atoms with Crippen LogP contribution in [0.4, 0.5) is 0 Å². The molecular weight excluding hydrogens is 444 g/mol. The Labute approximate surface area is 198 Å². The molecule has 1 aromatic carbocycles. The summed E-state index contributed by atoms with van der Waals surface area (Å²) in [5.74, 6) is -0.0351. The molecule has 3 aliphatic rings. The van der Waals surface area contributed by atoms with Crippen molar-refractivity contribution in [1.82, 2.24) is 20.4 Å². The quantitative estimate of drug-likeness (QED) is 0.270. The number of piperazine rings is 1. The van der Waals surface area contributed by atoms with Crippen LogP contribution in [0.1, 0.15) is 28.8 Å². The molecule has 1 atom stereocenters. The van der Waals surface area contributed by atoms with Gasteiger partial charge in [-0.1, -0.05) is 6.07 Å². The third-order valence-corrected chi connectivity index (χ3v) is 7.22. The SMILES string of the molecule is O=C1CCC(N2Cc3c(SCCOCCOCCN4CCNCC4)cccc3C2=O)C(=O)N1. The van der Waals surface area contributed by atoms with Gasteiger partial charge in [-0.15, -0.1) is 11.8 Å². The highest BCUT2D eigenvalue weighted by molar-refractivity contribution is 7.99. The number of carbonyl (C=O) groups excluding carboxylic acids is 3. The van der Waals surface area contributed by atoms with Crippen LogP contribution in [-0.2, 0) is 25.6 Å². The van der Waals surface area contributed by atoms with Crippen molar-refractivity contribution in [3.05, 3.63) is 29.3 Å². The molecule has 10 heteroatoms. The zero-order valence-electron chi connectivity index (χ0n) is 18.8. The predicted octanol–water partition coefficient (Wildman–Crippen LogP) is 0.478. The number of carbonyl (C=O) groups is 3. The number of piperidine rings is 1. The molecule has 9 nitrogen and oxygen atoms in total. The molecule has 0 spiro atoms. The molecule has 4 rings (SSSR count). The van der Waals surface area contributed by atoms with Crippen LogP contribution in [0, 0.1) is 0 Å². The molecule has 1 unspecified atom stereocenters. The fourth-order valence-corrected chi connectivity index (χ4v) is 5.30. The van der Waals surface area contributed by atoms with Gasteiger partial charge in [0.05, 0.1) is 26.4 Å². The number of hydrogen-bond donors (Lipinski definition) is 2. The van der Waals surface area contributed by atoms with Gasteiger partial charge < -0.3 is 19.7 Å². The van der Waals surface area contributed by atoms with Crippen molar-refractivity contribution >= 4 is 29.5 Å². The van der Waals surface area contributed by atoms with Gasteiger partial charge in [-0.25, -0.2) is 0 Å². The number of nitrogens with zero attached hydrogens (tertiary/aromatic N) is 2. The minimum atomic E-state index is -0.588. The Morgan fingerprint density at radius 2 is 1.82 bits per heavy atom. The number of ether oxygens (including phenoxy) is 2. The molecule has 2 saturated heterocycles. The average Bonchev–Trinajstić information content (AvgIpc) is 3.15. The molecule has 2 fully saturated rings. The number of imide groups is 1. The van der Waals surface area contributed by atoms with E-state index < -0.39 is 6.04 Å². The van der Waals surface area contributed by atoms with Crippen molar-refractivity contribution < 1.29 is 23.9 Å². The molecular formula is C23H32N4O5S. The van der Waals surface area contributed by atoms with Gasteiger partial charge in [-0.2, -0.15) is 0 Å². The maximum absolute atomic E-state index is 12.9. The summed E-state index contributed by atoms with van der Waals surface area (Å²) in [6.07, 6.45) is 0.632. The standard InChI is InChI=1S/C23H32N4O5S/c28-21-5-4-19(22(29)25-21)27-16-18-17(23(27)30)2-1-3-20(18)33-15-14-32-13-12-31-11-10-26-8-6-24-7-9-26/h1-3,19,24H,4-16H2,(H,25,28,29). The number of thioether (sulfide) groups is 1. The van der Waals surface area contributed by atoms with Crippen LogP contribution in [0.3, 0.4) is 0 Å². The number of nitrogens with one attached hydrogen (secondary N) is 2. The molecule has 0 bridgehead atoms. The third kappa shape index (κ3) is 6.33. The highest BCUT2D eigenvalue weighted by Gasteiger charge is 2.39. The number of fused-ring (bicyclic) bond motifs is 1. The van der Waals surface area contributed by atoms with Crippen LogP contribution < -0.4 is 10.6 Å². The van der Waals surface area contributed by atoms with Gasteiger partial charge in [0, 0.05) is 61.9 Å². The first-order valence-electron chi connectivity index (χ1n) is 11.6. The summed E-state index contributed by atoms with van der Waals surface area (Å²) in [4.78, 5) is 41.6. The van der Waals surface area contributed by atoms with Crippen molar-refractivity contribution in [1.29, 1.82) is 0 Å². The summed E-state index contributed by atoms with van der Waals surface area (Å²) in [7, 11) is 0. The molecule has 3 heterocycles. The van der Waals surface area contributed by atoms with Gasteiger partial charge in [0.1, 0.15) is 6.04 Å². The summed E-state index contributed by atoms with van der Waals surface area (Å²) >= 11 is 1.65. The molecule has 0 aromatic heterocycles. The highest BCUT2D eigenvalue weighted by Crippen LogP contribution is 2.34. The van der Waals surface area contributed by atoms with Crippen LogP contribution in [0.25, 0.3) is 0 Å². The summed E-state index contributed by atoms with van der Waals surface area (Å²) in [6, 6.07) is 5.10. The van der Waals surface area contributed by atoms with E-state index in [0.29, 0.717) is 38.3 Å². The number of rotatable bonds is 11. The van der Waals surface area contributed by atoms with E-state index in [9.17, 15) is 14.4 Å². The van der Waals surface area contributed by atoms with E-state index in [-0.39, 0.29) is 24.1 Å². The van der Waals surface area contributed by atoms with Gasteiger partial charge in [0.15, 0.2) is 0 Å². The van der Waals surface area contributed by atoms with Gasteiger partial charge in [-0.3, -0.25) is 24.6 Å². The molecule has 2 N–H and O–H groups in total. The second-order valence-corrected chi connectivity index (χ2v) is 9.48. The maximum atomic E-state index is 12.9. The lowest BCUT2D eigenvalue weighted by molar-refractivity contribution is -0.136. The van der Waals surface area contributed by atoms with Crippen molar-refractivity contribution in [2.24, 2.45) is 0 Å². The largest absolute Gasteiger partial charge is 0.378 e. The topological polar surface area (TPSA) is 100 Å². The lowest BCUT2D eigenvalue weighted by atomic mass is 10.0. The molecule has 0 radical (unpaired) electrons. The van der Waals surface area contributed by atoms with E-state index in [1.165, 1.54) is 0 Å². The summed E-state index contributed by atoms with van der Waals surface area (Å²) in [5, 5.41) is 5.68. The average molecular weight is 477 g/mol.